The Labute approximate surface area is 114 Å². The van der Waals surface area contributed by atoms with Crippen molar-refractivity contribution < 1.29 is 4.39 Å². The molecule has 18 heavy (non-hydrogen) atoms. The first kappa shape index (κ1) is 12.9. The number of nitrogens with one attached hydrogen (secondary N) is 1. The Morgan fingerprint density at radius 3 is 2.83 bits per heavy atom. The fraction of sp³-hybridized carbons (Fsp3) is 0.154. The molecule has 92 valence electrons. The molecule has 0 atom stereocenters. The van der Waals surface area contributed by atoms with Crippen LogP contribution < -0.4 is 5.32 Å². The van der Waals surface area contributed by atoms with Crippen molar-refractivity contribution in [3.8, 4) is 6.07 Å². The van der Waals surface area contributed by atoms with Crippen molar-refractivity contribution in [3.63, 3.8) is 0 Å². The molecule has 2 rings (SSSR count). The molecule has 1 N–H and O–H groups in total. The fourth-order valence-corrected chi connectivity index (χ4v) is 2.57. The molecule has 0 fully saturated rings. The van der Waals surface area contributed by atoms with E-state index in [9.17, 15) is 4.39 Å². The average molecular weight is 281 g/mol. The molecule has 1 heterocycles. The van der Waals surface area contributed by atoms with Crippen LogP contribution in [0.4, 0.5) is 10.1 Å². The topological polar surface area (TPSA) is 35.8 Å². The SMILES string of the molecule is Cc1c(F)cc(C#N)cc1NCc1cc(Cl)cs1. The highest BCUT2D eigenvalue weighted by molar-refractivity contribution is 7.10. The van der Waals surface area contributed by atoms with Gasteiger partial charge in [-0.1, -0.05) is 11.6 Å². The van der Waals surface area contributed by atoms with Gasteiger partial charge in [0.1, 0.15) is 5.82 Å². The third-order valence-corrected chi connectivity index (χ3v) is 3.83. The summed E-state index contributed by atoms with van der Waals surface area (Å²) in [6.07, 6.45) is 0. The summed E-state index contributed by atoms with van der Waals surface area (Å²) in [6.45, 7) is 2.24. The fourth-order valence-electron chi connectivity index (χ4n) is 1.56. The third kappa shape index (κ3) is 2.81. The van der Waals surface area contributed by atoms with Crippen molar-refractivity contribution in [2.24, 2.45) is 0 Å². The van der Waals surface area contributed by atoms with E-state index >= 15 is 0 Å². The van der Waals surface area contributed by atoms with E-state index in [0.717, 1.165) is 4.88 Å². The minimum Gasteiger partial charge on any atom is -0.380 e. The van der Waals surface area contributed by atoms with Gasteiger partial charge in [-0.2, -0.15) is 5.26 Å². The van der Waals surface area contributed by atoms with Crippen LogP contribution in [0.5, 0.6) is 0 Å². The van der Waals surface area contributed by atoms with Crippen LogP contribution in [0.25, 0.3) is 0 Å². The molecule has 0 spiro atoms. The summed E-state index contributed by atoms with van der Waals surface area (Å²) in [7, 11) is 0. The van der Waals surface area contributed by atoms with E-state index in [2.05, 4.69) is 5.32 Å². The number of benzene rings is 1. The second kappa shape index (κ2) is 5.38. The monoisotopic (exact) mass is 280 g/mol. The summed E-state index contributed by atoms with van der Waals surface area (Å²) in [5, 5.41) is 14.5. The number of hydrogen-bond acceptors (Lipinski definition) is 3. The van der Waals surface area contributed by atoms with Gasteiger partial charge in [-0.15, -0.1) is 11.3 Å². The molecule has 0 saturated carbocycles. The Hall–Kier alpha value is -1.57. The van der Waals surface area contributed by atoms with Gasteiger partial charge in [0.05, 0.1) is 16.7 Å². The first-order valence-corrected chi connectivity index (χ1v) is 6.53. The minimum absolute atomic E-state index is 0.310. The maximum Gasteiger partial charge on any atom is 0.129 e. The van der Waals surface area contributed by atoms with E-state index in [4.69, 9.17) is 16.9 Å². The zero-order valence-corrected chi connectivity index (χ0v) is 11.2. The quantitative estimate of drug-likeness (QED) is 0.908. The summed E-state index contributed by atoms with van der Waals surface area (Å²) >= 11 is 7.36. The van der Waals surface area contributed by atoms with Crippen LogP contribution in [0.1, 0.15) is 16.0 Å². The second-order valence-electron chi connectivity index (χ2n) is 3.83. The molecular weight excluding hydrogens is 271 g/mol. The number of nitrogens with zero attached hydrogens (tertiary/aromatic N) is 1. The summed E-state index contributed by atoms with van der Waals surface area (Å²) < 4.78 is 13.5. The van der Waals surface area contributed by atoms with Gasteiger partial charge in [0.25, 0.3) is 0 Å². The van der Waals surface area contributed by atoms with Crippen molar-refractivity contribution in [1.29, 1.82) is 5.26 Å². The molecule has 0 aliphatic carbocycles. The van der Waals surface area contributed by atoms with Crippen LogP contribution in [0, 0.1) is 24.1 Å². The summed E-state index contributed by atoms with van der Waals surface area (Å²) in [5.74, 6) is -0.374. The van der Waals surface area contributed by atoms with E-state index in [-0.39, 0.29) is 5.82 Å². The lowest BCUT2D eigenvalue weighted by atomic mass is 10.1. The molecule has 0 aliphatic heterocycles. The Kier molecular flexibility index (Phi) is 3.85. The van der Waals surface area contributed by atoms with Crippen molar-refractivity contribution >= 4 is 28.6 Å². The van der Waals surface area contributed by atoms with Gasteiger partial charge in [-0.05, 0) is 25.1 Å². The van der Waals surface area contributed by atoms with Gasteiger partial charge >= 0.3 is 0 Å². The van der Waals surface area contributed by atoms with E-state index < -0.39 is 0 Å². The van der Waals surface area contributed by atoms with Crippen LogP contribution in [0.15, 0.2) is 23.6 Å². The highest BCUT2D eigenvalue weighted by Crippen LogP contribution is 2.23. The Bertz CT molecular complexity index is 616. The van der Waals surface area contributed by atoms with Gasteiger partial charge in [0.2, 0.25) is 0 Å². The molecule has 5 heteroatoms. The number of thiophene rings is 1. The number of rotatable bonds is 3. The van der Waals surface area contributed by atoms with Gasteiger partial charge in [-0.3, -0.25) is 0 Å². The zero-order chi connectivity index (χ0) is 13.1. The first-order valence-electron chi connectivity index (χ1n) is 5.27. The second-order valence-corrected chi connectivity index (χ2v) is 5.26. The Morgan fingerprint density at radius 1 is 1.44 bits per heavy atom. The molecule has 0 saturated heterocycles. The molecule has 1 aromatic carbocycles. The molecule has 0 bridgehead atoms. The molecule has 2 nitrogen and oxygen atoms in total. The van der Waals surface area contributed by atoms with Crippen molar-refractivity contribution in [3.05, 3.63) is 50.4 Å². The molecule has 1 aromatic heterocycles. The van der Waals surface area contributed by atoms with Crippen molar-refractivity contribution in [2.75, 3.05) is 5.32 Å². The normalized spacial score (nSPS) is 10.1. The van der Waals surface area contributed by atoms with Crippen LogP contribution in [-0.2, 0) is 6.54 Å². The highest BCUT2D eigenvalue weighted by atomic mass is 35.5. The lowest BCUT2D eigenvalue weighted by Gasteiger charge is -2.09. The predicted octanol–water partition coefficient (Wildman–Crippen LogP) is 4.33. The van der Waals surface area contributed by atoms with E-state index in [1.807, 2.05) is 17.5 Å². The molecule has 0 aliphatic rings. The Balaban J connectivity index is 2.19. The summed E-state index contributed by atoms with van der Waals surface area (Å²) in [4.78, 5) is 1.06. The Morgan fingerprint density at radius 2 is 2.22 bits per heavy atom. The number of anilines is 1. The zero-order valence-electron chi connectivity index (χ0n) is 9.63. The number of nitriles is 1. The maximum absolute atomic E-state index is 13.5. The van der Waals surface area contributed by atoms with Crippen LogP contribution in [0.3, 0.4) is 0 Å². The van der Waals surface area contributed by atoms with Crippen LogP contribution in [-0.4, -0.2) is 0 Å². The molecule has 2 aromatic rings. The predicted molar refractivity (Wildman–Crippen MR) is 72.5 cm³/mol. The van der Waals surface area contributed by atoms with Crippen LogP contribution in [0.2, 0.25) is 5.02 Å². The van der Waals surface area contributed by atoms with Gasteiger partial charge < -0.3 is 5.32 Å². The van der Waals surface area contributed by atoms with E-state index in [1.54, 1.807) is 13.0 Å². The molecule has 0 unspecified atom stereocenters. The van der Waals surface area contributed by atoms with Gasteiger partial charge in [-0.25, -0.2) is 4.39 Å². The van der Waals surface area contributed by atoms with Crippen LogP contribution >= 0.6 is 22.9 Å². The minimum atomic E-state index is -0.374. The van der Waals surface area contributed by atoms with Crippen molar-refractivity contribution in [1.82, 2.24) is 0 Å². The maximum atomic E-state index is 13.5. The molecule has 0 amide bonds. The smallest absolute Gasteiger partial charge is 0.129 e. The number of halogens is 2. The largest absolute Gasteiger partial charge is 0.380 e. The highest BCUT2D eigenvalue weighted by Gasteiger charge is 2.07. The molecular formula is C13H10ClFN2S. The molecule has 0 radical (unpaired) electrons. The third-order valence-electron chi connectivity index (χ3n) is 2.55. The van der Waals surface area contributed by atoms with Gasteiger partial charge in [0.15, 0.2) is 0 Å². The number of hydrogen-bond donors (Lipinski definition) is 1. The van der Waals surface area contributed by atoms with Crippen molar-refractivity contribution in [2.45, 2.75) is 13.5 Å². The average Bonchev–Trinajstić information content (AvgIpc) is 2.77. The summed E-state index contributed by atoms with van der Waals surface area (Å²) in [6, 6.07) is 6.68. The first-order chi connectivity index (χ1) is 8.60. The van der Waals surface area contributed by atoms with Gasteiger partial charge in [0, 0.05) is 28.1 Å². The summed E-state index contributed by atoms with van der Waals surface area (Å²) in [5.41, 5.74) is 1.46. The van der Waals surface area contributed by atoms with E-state index in [1.165, 1.54) is 17.4 Å². The lowest BCUT2D eigenvalue weighted by molar-refractivity contribution is 0.618. The lowest BCUT2D eigenvalue weighted by Crippen LogP contribution is -2.01. The van der Waals surface area contributed by atoms with E-state index in [0.29, 0.717) is 28.4 Å². The standard InChI is InChI=1S/C13H10ClFN2S/c1-8-12(15)2-9(5-16)3-13(8)17-6-11-4-10(14)7-18-11/h2-4,7,17H,6H2,1H3.